The molecule has 2 amide bonds. The molecule has 0 aliphatic carbocycles. The van der Waals surface area contributed by atoms with Gasteiger partial charge in [0.15, 0.2) is 0 Å². The molecule has 1 aliphatic heterocycles. The molecular formula is C21H27F3N5O5+. The Morgan fingerprint density at radius 3 is 2.53 bits per heavy atom. The molecular weight excluding hydrogens is 459 g/mol. The fraction of sp³-hybridized carbons (Fsp3) is 0.524. The lowest BCUT2D eigenvalue weighted by atomic mass is 10.2. The number of nitrogens with zero attached hydrogens (tertiary/aromatic N) is 3. The molecule has 186 valence electrons. The summed E-state index contributed by atoms with van der Waals surface area (Å²) in [6, 6.07) is -2.23. The van der Waals surface area contributed by atoms with Crippen LogP contribution in [0.25, 0.3) is 11.7 Å². The van der Waals surface area contributed by atoms with E-state index in [1.165, 1.54) is 22.9 Å². The number of halogens is 3. The summed E-state index contributed by atoms with van der Waals surface area (Å²) in [5.74, 6) is -2.45. The number of aromatic hydroxyl groups is 1. The third-order valence-electron chi connectivity index (χ3n) is 5.31. The number of fused-ring (bicyclic) bond motifs is 1. The van der Waals surface area contributed by atoms with Crippen LogP contribution < -0.4 is 15.4 Å². The molecule has 0 spiro atoms. The summed E-state index contributed by atoms with van der Waals surface area (Å²) >= 11 is 0. The van der Waals surface area contributed by atoms with Gasteiger partial charge in [0.05, 0.1) is 31.5 Å². The number of alkyl halides is 3. The first-order valence-corrected chi connectivity index (χ1v) is 10.7. The molecule has 34 heavy (non-hydrogen) atoms. The van der Waals surface area contributed by atoms with Gasteiger partial charge in [-0.1, -0.05) is 18.4 Å². The molecule has 0 unspecified atom stereocenters. The SMILES string of the molecule is CC(C)C[n+]1c(O)c(C(=O)N[C@@H](C)C(F)(F)F)c(=O)n2[nH]cc(/C=C/C(=O)N3CCOCC3)c21. The van der Waals surface area contributed by atoms with Gasteiger partial charge in [0.2, 0.25) is 11.5 Å². The van der Waals surface area contributed by atoms with E-state index in [1.807, 2.05) is 13.8 Å². The van der Waals surface area contributed by atoms with Crippen LogP contribution >= 0.6 is 0 Å². The minimum atomic E-state index is -4.73. The van der Waals surface area contributed by atoms with Crippen LogP contribution in [-0.2, 0) is 16.1 Å². The molecule has 1 atom stereocenters. The second-order valence-electron chi connectivity index (χ2n) is 8.40. The Bertz CT molecular complexity index is 1160. The van der Waals surface area contributed by atoms with Crippen molar-refractivity contribution in [3.05, 3.63) is 33.8 Å². The highest BCUT2D eigenvalue weighted by molar-refractivity contribution is 5.96. The van der Waals surface area contributed by atoms with Crippen LogP contribution in [0.15, 0.2) is 17.1 Å². The van der Waals surface area contributed by atoms with Crippen LogP contribution in [-0.4, -0.2) is 70.0 Å². The molecule has 2 aromatic heterocycles. The van der Waals surface area contributed by atoms with Crippen molar-refractivity contribution in [1.82, 2.24) is 19.8 Å². The Balaban J connectivity index is 2.06. The Morgan fingerprint density at radius 2 is 1.94 bits per heavy atom. The molecule has 0 saturated carbocycles. The summed E-state index contributed by atoms with van der Waals surface area (Å²) in [7, 11) is 0. The molecule has 13 heteroatoms. The zero-order valence-electron chi connectivity index (χ0n) is 19.0. The van der Waals surface area contributed by atoms with Crippen molar-refractivity contribution in [3.8, 4) is 5.88 Å². The predicted octanol–water partition coefficient (Wildman–Crippen LogP) is 0.829. The van der Waals surface area contributed by atoms with Crippen LogP contribution in [0.3, 0.4) is 0 Å². The fourth-order valence-corrected chi connectivity index (χ4v) is 3.52. The average Bonchev–Trinajstić information content (AvgIpc) is 3.19. The van der Waals surface area contributed by atoms with Crippen molar-refractivity contribution < 1.29 is 37.2 Å². The van der Waals surface area contributed by atoms with E-state index in [9.17, 15) is 32.7 Å². The van der Waals surface area contributed by atoms with E-state index in [2.05, 4.69) is 5.10 Å². The maximum atomic E-state index is 13.0. The highest BCUT2D eigenvalue weighted by Gasteiger charge is 2.39. The fourth-order valence-electron chi connectivity index (χ4n) is 3.52. The van der Waals surface area contributed by atoms with Crippen LogP contribution in [0, 0.1) is 5.92 Å². The number of amides is 2. The van der Waals surface area contributed by atoms with Crippen molar-refractivity contribution in [2.24, 2.45) is 5.92 Å². The molecule has 3 N–H and O–H groups in total. The Kier molecular flexibility index (Phi) is 7.34. The molecule has 1 saturated heterocycles. The molecule has 10 nitrogen and oxygen atoms in total. The van der Waals surface area contributed by atoms with Crippen LogP contribution in [0.4, 0.5) is 13.2 Å². The van der Waals surface area contributed by atoms with Gasteiger partial charge in [0.1, 0.15) is 6.04 Å². The van der Waals surface area contributed by atoms with Gasteiger partial charge in [-0.2, -0.15) is 17.7 Å². The number of aromatic amines is 1. The predicted molar refractivity (Wildman–Crippen MR) is 114 cm³/mol. The summed E-state index contributed by atoms with van der Waals surface area (Å²) in [6.07, 6.45) is -0.542. The Hall–Kier alpha value is -3.35. The molecule has 3 rings (SSSR count). The van der Waals surface area contributed by atoms with Crippen LogP contribution in [0.1, 0.15) is 36.7 Å². The minimum absolute atomic E-state index is 0.0658. The lowest BCUT2D eigenvalue weighted by Crippen LogP contribution is -2.48. The summed E-state index contributed by atoms with van der Waals surface area (Å²) in [5.41, 5.74) is -1.33. The Labute approximate surface area is 192 Å². The lowest BCUT2D eigenvalue weighted by Gasteiger charge is -2.25. The Morgan fingerprint density at radius 1 is 1.29 bits per heavy atom. The quantitative estimate of drug-likeness (QED) is 0.413. The molecule has 2 aromatic rings. The number of ether oxygens (including phenoxy) is 1. The summed E-state index contributed by atoms with van der Waals surface area (Å²) in [4.78, 5) is 39.6. The summed E-state index contributed by atoms with van der Waals surface area (Å²) in [5, 5.41) is 15.2. The second kappa shape index (κ2) is 9.87. The number of rotatable bonds is 6. The van der Waals surface area contributed by atoms with E-state index in [0.717, 1.165) is 11.4 Å². The third-order valence-corrected chi connectivity index (χ3v) is 5.31. The van der Waals surface area contributed by atoms with Gasteiger partial charge in [-0.15, -0.1) is 0 Å². The molecule has 0 aromatic carbocycles. The first kappa shape index (κ1) is 25.3. The van der Waals surface area contributed by atoms with Gasteiger partial charge in [0.25, 0.3) is 5.91 Å². The standard InChI is InChI=1S/C21H26F3N5O5/c1-12(2)11-28-18-14(4-5-15(30)27-6-8-34-9-7-27)10-25-29(18)20(33)16(19(28)32)17(31)26-13(3)21(22,23)24/h4-5,10,12-13H,6-9,11H2,1-3H3,(H2,26,31,32,33)/p+1/b5-4+/t13-/m0/s1. The molecule has 3 heterocycles. The van der Waals surface area contributed by atoms with E-state index in [1.54, 1.807) is 10.2 Å². The molecule has 1 aliphatic rings. The van der Waals surface area contributed by atoms with E-state index < -0.39 is 35.1 Å². The number of aromatic nitrogens is 3. The monoisotopic (exact) mass is 486 g/mol. The third kappa shape index (κ3) is 5.24. The number of nitrogens with one attached hydrogen (secondary N) is 2. The van der Waals surface area contributed by atoms with E-state index in [4.69, 9.17) is 4.74 Å². The maximum Gasteiger partial charge on any atom is 0.408 e. The second-order valence-corrected chi connectivity index (χ2v) is 8.40. The normalized spacial score (nSPS) is 15.9. The number of carbonyl (C=O) groups is 2. The molecule has 1 fully saturated rings. The highest BCUT2D eigenvalue weighted by Crippen LogP contribution is 2.21. The minimum Gasteiger partial charge on any atom is -0.477 e. The number of hydrogen-bond acceptors (Lipinski definition) is 5. The number of morpholine rings is 1. The van der Waals surface area contributed by atoms with Crippen LogP contribution in [0.5, 0.6) is 5.88 Å². The first-order valence-electron chi connectivity index (χ1n) is 10.7. The van der Waals surface area contributed by atoms with E-state index >= 15 is 0 Å². The highest BCUT2D eigenvalue weighted by atomic mass is 19.4. The van der Waals surface area contributed by atoms with Gasteiger partial charge >= 0.3 is 23.3 Å². The first-order chi connectivity index (χ1) is 15.9. The van der Waals surface area contributed by atoms with Crippen molar-refractivity contribution in [3.63, 3.8) is 0 Å². The van der Waals surface area contributed by atoms with Gasteiger partial charge in [-0.25, -0.2) is 9.89 Å². The summed E-state index contributed by atoms with van der Waals surface area (Å²) in [6.45, 7) is 6.27. The number of H-pyrrole nitrogens is 1. The molecule has 0 bridgehead atoms. The van der Waals surface area contributed by atoms with Gasteiger partial charge < -0.3 is 20.1 Å². The van der Waals surface area contributed by atoms with Crippen molar-refractivity contribution in [2.75, 3.05) is 26.3 Å². The number of hydrogen-bond donors (Lipinski definition) is 3. The summed E-state index contributed by atoms with van der Waals surface area (Å²) < 4.78 is 46.1. The van der Waals surface area contributed by atoms with Gasteiger partial charge in [-0.3, -0.25) is 9.59 Å². The zero-order chi connectivity index (χ0) is 25.2. The largest absolute Gasteiger partial charge is 0.477 e. The van der Waals surface area contributed by atoms with E-state index in [-0.39, 0.29) is 24.0 Å². The maximum absolute atomic E-state index is 13.0. The van der Waals surface area contributed by atoms with Gasteiger partial charge in [0, 0.05) is 19.2 Å². The zero-order valence-corrected chi connectivity index (χ0v) is 19.0. The van der Waals surface area contributed by atoms with Gasteiger partial charge in [-0.05, 0) is 18.9 Å². The van der Waals surface area contributed by atoms with Crippen molar-refractivity contribution in [1.29, 1.82) is 0 Å². The van der Waals surface area contributed by atoms with E-state index in [0.29, 0.717) is 31.9 Å². The topological polar surface area (TPSA) is 120 Å². The lowest BCUT2D eigenvalue weighted by molar-refractivity contribution is -0.686. The number of carbonyl (C=O) groups excluding carboxylic acids is 2. The smallest absolute Gasteiger partial charge is 0.408 e. The van der Waals surface area contributed by atoms with Crippen molar-refractivity contribution >= 4 is 23.5 Å². The average molecular weight is 486 g/mol. The van der Waals surface area contributed by atoms with Crippen molar-refractivity contribution in [2.45, 2.75) is 39.5 Å². The molecule has 0 radical (unpaired) electrons. The van der Waals surface area contributed by atoms with Crippen LogP contribution in [0.2, 0.25) is 0 Å².